The topological polar surface area (TPSA) is 12.0 Å². The fourth-order valence-electron chi connectivity index (χ4n) is 1.05. The van der Waals surface area contributed by atoms with Crippen LogP contribution in [0, 0.1) is 0 Å². The van der Waals surface area contributed by atoms with E-state index in [9.17, 15) is 4.39 Å². The van der Waals surface area contributed by atoms with Gasteiger partial charge in [0.2, 0.25) is 0 Å². The summed E-state index contributed by atoms with van der Waals surface area (Å²) in [5, 5.41) is 2.95. The lowest BCUT2D eigenvalue weighted by atomic mass is 10.1. The number of hydrogen-bond acceptors (Lipinski definition) is 2. The molecule has 1 aliphatic heterocycles. The van der Waals surface area contributed by atoms with Gasteiger partial charge in [-0.25, -0.2) is 4.39 Å². The van der Waals surface area contributed by atoms with Gasteiger partial charge >= 0.3 is 0 Å². The summed E-state index contributed by atoms with van der Waals surface area (Å²) in [5.41, 5.74) is 0. The van der Waals surface area contributed by atoms with Gasteiger partial charge in [-0.3, -0.25) is 0 Å². The first kappa shape index (κ1) is 8.62. The number of piperidine rings is 1. The molecular weight excluding hydrogens is 173 g/mol. The Morgan fingerprint density at radius 2 is 2.40 bits per heavy atom. The van der Waals surface area contributed by atoms with E-state index in [1.807, 2.05) is 6.26 Å². The van der Waals surface area contributed by atoms with Crippen LogP contribution in [0.25, 0.3) is 0 Å². The molecule has 1 N–H and O–H groups in total. The van der Waals surface area contributed by atoms with Crippen molar-refractivity contribution >= 4 is 23.4 Å². The summed E-state index contributed by atoms with van der Waals surface area (Å²) >= 11 is 7.23. The Hall–Kier alpha value is 0.530. The molecule has 0 aromatic rings. The molecule has 0 amide bonds. The molecule has 1 rings (SSSR count). The average Bonchev–Trinajstić information content (AvgIpc) is 1.88. The van der Waals surface area contributed by atoms with Gasteiger partial charge in [0.25, 0.3) is 0 Å². The second kappa shape index (κ2) is 3.79. The third-order valence-corrected chi connectivity index (χ3v) is 2.91. The number of halogens is 2. The van der Waals surface area contributed by atoms with Gasteiger partial charge in [0, 0.05) is 11.9 Å². The molecule has 10 heavy (non-hydrogen) atoms. The van der Waals surface area contributed by atoms with Gasteiger partial charge in [-0.2, -0.15) is 0 Å². The highest BCUT2D eigenvalue weighted by Gasteiger charge is 2.27. The lowest BCUT2D eigenvalue weighted by Gasteiger charge is -2.28. The maximum absolute atomic E-state index is 12.9. The van der Waals surface area contributed by atoms with E-state index in [2.05, 4.69) is 5.32 Å². The molecule has 0 aromatic heterocycles. The molecule has 0 radical (unpaired) electrons. The number of rotatable bonds is 1. The Morgan fingerprint density at radius 3 is 2.90 bits per heavy atom. The first-order valence-corrected chi connectivity index (χ1v) is 5.01. The molecule has 1 heterocycles. The van der Waals surface area contributed by atoms with E-state index in [1.54, 1.807) is 0 Å². The van der Waals surface area contributed by atoms with Gasteiger partial charge in [0.05, 0.1) is 5.37 Å². The minimum Gasteiger partial charge on any atom is -0.301 e. The molecule has 0 spiro atoms. The zero-order chi connectivity index (χ0) is 7.56. The molecule has 0 aliphatic carbocycles. The first-order valence-electron chi connectivity index (χ1n) is 3.28. The fraction of sp³-hybridized carbons (Fsp3) is 1.00. The zero-order valence-electron chi connectivity index (χ0n) is 5.81. The molecule has 3 atom stereocenters. The first-order chi connectivity index (χ1) is 4.74. The maximum atomic E-state index is 12.9. The maximum Gasteiger partial charge on any atom is 0.126 e. The van der Waals surface area contributed by atoms with E-state index >= 15 is 0 Å². The van der Waals surface area contributed by atoms with Crippen molar-refractivity contribution < 1.29 is 4.39 Å². The summed E-state index contributed by atoms with van der Waals surface area (Å²) in [6.45, 7) is 0.730. The van der Waals surface area contributed by atoms with Crippen LogP contribution >= 0.6 is 23.4 Å². The fourth-order valence-corrected chi connectivity index (χ4v) is 1.98. The van der Waals surface area contributed by atoms with Crippen LogP contribution in [0.4, 0.5) is 4.39 Å². The Balaban J connectivity index is 2.36. The summed E-state index contributed by atoms with van der Waals surface area (Å²) in [7, 11) is 0. The average molecular weight is 184 g/mol. The second-order valence-electron chi connectivity index (χ2n) is 2.41. The lowest BCUT2D eigenvalue weighted by molar-refractivity contribution is 0.252. The van der Waals surface area contributed by atoms with Gasteiger partial charge < -0.3 is 5.32 Å². The highest BCUT2D eigenvalue weighted by molar-refractivity contribution is 7.99. The lowest BCUT2D eigenvalue weighted by Crippen LogP contribution is -2.45. The second-order valence-corrected chi connectivity index (χ2v) is 4.01. The van der Waals surface area contributed by atoms with E-state index in [-0.39, 0.29) is 10.8 Å². The summed E-state index contributed by atoms with van der Waals surface area (Å²) in [6.07, 6.45) is 1.60. The van der Waals surface area contributed by atoms with Gasteiger partial charge in [-0.1, -0.05) is 0 Å². The standard InChI is InChI=1S/C6H11ClFNS/c1-10-6-5(8)2-4(7)3-9-6/h4-6,9H,2-3H2,1H3. The monoisotopic (exact) mass is 183 g/mol. The van der Waals surface area contributed by atoms with E-state index < -0.39 is 6.17 Å². The molecule has 60 valence electrons. The largest absolute Gasteiger partial charge is 0.301 e. The Bertz CT molecular complexity index is 114. The molecule has 0 saturated carbocycles. The van der Waals surface area contributed by atoms with Crippen molar-refractivity contribution in [3.8, 4) is 0 Å². The molecule has 1 nitrogen and oxygen atoms in total. The van der Waals surface area contributed by atoms with Crippen LogP contribution in [0.5, 0.6) is 0 Å². The van der Waals surface area contributed by atoms with Crippen molar-refractivity contribution in [2.45, 2.75) is 23.3 Å². The van der Waals surface area contributed by atoms with E-state index in [1.165, 1.54) is 11.8 Å². The Morgan fingerprint density at radius 1 is 1.70 bits per heavy atom. The highest BCUT2D eigenvalue weighted by Crippen LogP contribution is 2.22. The van der Waals surface area contributed by atoms with Gasteiger partial charge in [-0.05, 0) is 12.7 Å². The summed E-state index contributed by atoms with van der Waals surface area (Å²) in [5.74, 6) is 0. The molecule has 1 aliphatic rings. The van der Waals surface area contributed by atoms with Crippen LogP contribution in [0.15, 0.2) is 0 Å². The van der Waals surface area contributed by atoms with E-state index in [0.29, 0.717) is 6.42 Å². The van der Waals surface area contributed by atoms with Crippen LogP contribution in [-0.4, -0.2) is 29.7 Å². The number of hydrogen-bond donors (Lipinski definition) is 1. The molecule has 0 aromatic carbocycles. The van der Waals surface area contributed by atoms with Crippen molar-refractivity contribution in [1.29, 1.82) is 0 Å². The van der Waals surface area contributed by atoms with Crippen molar-refractivity contribution in [2.75, 3.05) is 12.8 Å². The van der Waals surface area contributed by atoms with Crippen molar-refractivity contribution in [1.82, 2.24) is 5.32 Å². The Labute approximate surface area is 69.7 Å². The van der Waals surface area contributed by atoms with E-state index in [4.69, 9.17) is 11.6 Å². The SMILES string of the molecule is CSC1NCC(Cl)CC1F. The normalized spacial score (nSPS) is 41.7. The predicted octanol–water partition coefficient (Wildman–Crippen LogP) is 1.61. The van der Waals surface area contributed by atoms with Crippen LogP contribution in [-0.2, 0) is 0 Å². The quantitative estimate of drug-likeness (QED) is 0.620. The van der Waals surface area contributed by atoms with Crippen LogP contribution in [0.1, 0.15) is 6.42 Å². The van der Waals surface area contributed by atoms with Crippen molar-refractivity contribution in [3.05, 3.63) is 0 Å². The number of nitrogens with one attached hydrogen (secondary N) is 1. The summed E-state index contributed by atoms with van der Waals surface area (Å²) < 4.78 is 12.9. The van der Waals surface area contributed by atoms with Crippen LogP contribution in [0.2, 0.25) is 0 Å². The number of thioether (sulfide) groups is 1. The third-order valence-electron chi connectivity index (χ3n) is 1.60. The van der Waals surface area contributed by atoms with Gasteiger partial charge in [0.15, 0.2) is 0 Å². The summed E-state index contributed by atoms with van der Waals surface area (Å²) in [6, 6.07) is 0. The van der Waals surface area contributed by atoms with Crippen molar-refractivity contribution in [2.24, 2.45) is 0 Å². The molecule has 0 bridgehead atoms. The predicted molar refractivity (Wildman–Crippen MR) is 44.5 cm³/mol. The molecule has 3 unspecified atom stereocenters. The molecule has 1 saturated heterocycles. The highest BCUT2D eigenvalue weighted by atomic mass is 35.5. The van der Waals surface area contributed by atoms with Gasteiger partial charge in [0.1, 0.15) is 6.17 Å². The molecular formula is C6H11ClFNS. The molecule has 1 fully saturated rings. The summed E-state index contributed by atoms with van der Waals surface area (Å²) in [4.78, 5) is 0. The van der Waals surface area contributed by atoms with Crippen molar-refractivity contribution in [3.63, 3.8) is 0 Å². The van der Waals surface area contributed by atoms with Crippen LogP contribution in [0.3, 0.4) is 0 Å². The van der Waals surface area contributed by atoms with Crippen LogP contribution < -0.4 is 5.32 Å². The van der Waals surface area contributed by atoms with Gasteiger partial charge in [-0.15, -0.1) is 23.4 Å². The smallest absolute Gasteiger partial charge is 0.126 e. The minimum atomic E-state index is -0.786. The zero-order valence-corrected chi connectivity index (χ0v) is 7.38. The number of alkyl halides is 2. The van der Waals surface area contributed by atoms with E-state index in [0.717, 1.165) is 6.54 Å². The minimum absolute atomic E-state index is 0.0293. The Kier molecular flexibility index (Phi) is 3.27. The molecule has 4 heteroatoms. The third kappa shape index (κ3) is 2.01.